The molecule has 0 saturated heterocycles. The van der Waals surface area contributed by atoms with E-state index < -0.39 is 0 Å². The Morgan fingerprint density at radius 2 is 2.20 bits per heavy atom. The molecule has 0 aliphatic rings. The molecule has 0 amide bonds. The maximum atomic E-state index is 13.1. The highest BCUT2D eigenvalue weighted by molar-refractivity contribution is 5.27. The maximum Gasteiger partial charge on any atom is 0.123 e. The highest BCUT2D eigenvalue weighted by Crippen LogP contribution is 2.30. The van der Waals surface area contributed by atoms with E-state index in [-0.39, 0.29) is 23.9 Å². The molecule has 0 spiro atoms. The zero-order valence-corrected chi connectivity index (χ0v) is 9.20. The first-order valence-corrected chi connectivity index (χ1v) is 5.13. The molecule has 2 nitrogen and oxygen atoms in total. The van der Waals surface area contributed by atoms with Gasteiger partial charge in [0.25, 0.3) is 0 Å². The highest BCUT2D eigenvalue weighted by Gasteiger charge is 2.30. The summed E-state index contributed by atoms with van der Waals surface area (Å²) in [5.41, 5.74) is 6.37. The molecule has 2 unspecified atom stereocenters. The number of hydrogen-bond donors (Lipinski definition) is 2. The summed E-state index contributed by atoms with van der Waals surface area (Å²) < 4.78 is 13.1. The lowest BCUT2D eigenvalue weighted by Gasteiger charge is -2.33. The van der Waals surface area contributed by atoms with Crippen LogP contribution in [0.2, 0.25) is 0 Å². The van der Waals surface area contributed by atoms with E-state index in [4.69, 9.17) is 10.8 Å². The van der Waals surface area contributed by atoms with Crippen molar-refractivity contribution in [3.8, 4) is 0 Å². The van der Waals surface area contributed by atoms with Crippen LogP contribution < -0.4 is 5.73 Å². The van der Waals surface area contributed by atoms with E-state index in [1.807, 2.05) is 19.9 Å². The highest BCUT2D eigenvalue weighted by atomic mass is 19.1. The average Bonchev–Trinajstić information content (AvgIpc) is 2.17. The molecule has 0 heterocycles. The lowest BCUT2D eigenvalue weighted by atomic mass is 9.74. The summed E-state index contributed by atoms with van der Waals surface area (Å²) in [7, 11) is 0. The van der Waals surface area contributed by atoms with Gasteiger partial charge in [0.15, 0.2) is 0 Å². The molecule has 0 saturated carbocycles. The number of nitrogens with two attached hydrogens (primary N) is 1. The van der Waals surface area contributed by atoms with Gasteiger partial charge in [-0.2, -0.15) is 0 Å². The van der Waals surface area contributed by atoms with Crippen LogP contribution in [0.4, 0.5) is 4.39 Å². The van der Waals surface area contributed by atoms with Crippen molar-refractivity contribution < 1.29 is 9.50 Å². The summed E-state index contributed by atoms with van der Waals surface area (Å²) in [4.78, 5) is 0. The number of hydrogen-bond acceptors (Lipinski definition) is 2. The Morgan fingerprint density at radius 3 is 2.67 bits per heavy atom. The van der Waals surface area contributed by atoms with E-state index in [2.05, 4.69) is 0 Å². The van der Waals surface area contributed by atoms with E-state index in [0.717, 1.165) is 5.56 Å². The number of benzene rings is 1. The minimum atomic E-state index is -0.378. The molecule has 0 aromatic heterocycles. The molecule has 0 aliphatic heterocycles. The normalized spacial score (nSPS) is 17.1. The first-order valence-electron chi connectivity index (χ1n) is 5.13. The number of rotatable bonds is 4. The Hall–Kier alpha value is -0.930. The van der Waals surface area contributed by atoms with Gasteiger partial charge in [-0.15, -0.1) is 0 Å². The molecule has 0 bridgehead atoms. The third kappa shape index (κ3) is 2.55. The van der Waals surface area contributed by atoms with Crippen molar-refractivity contribution in [1.29, 1.82) is 0 Å². The van der Waals surface area contributed by atoms with Gasteiger partial charge in [0, 0.05) is 18.1 Å². The van der Waals surface area contributed by atoms with Gasteiger partial charge in [-0.1, -0.05) is 19.1 Å². The molecule has 0 aliphatic carbocycles. The van der Waals surface area contributed by atoms with Gasteiger partial charge in [0.2, 0.25) is 0 Å². The second kappa shape index (κ2) is 4.73. The van der Waals surface area contributed by atoms with Crippen LogP contribution in [0.3, 0.4) is 0 Å². The zero-order valence-electron chi connectivity index (χ0n) is 9.20. The van der Waals surface area contributed by atoms with Crippen molar-refractivity contribution in [2.75, 3.05) is 6.61 Å². The van der Waals surface area contributed by atoms with Gasteiger partial charge in [0.1, 0.15) is 5.82 Å². The van der Waals surface area contributed by atoms with Crippen molar-refractivity contribution >= 4 is 0 Å². The fourth-order valence-corrected chi connectivity index (χ4v) is 1.71. The summed E-state index contributed by atoms with van der Waals surface area (Å²) in [6.45, 7) is 3.87. The van der Waals surface area contributed by atoms with E-state index >= 15 is 0 Å². The summed E-state index contributed by atoms with van der Waals surface area (Å²) in [6, 6.07) is 6.28. The van der Waals surface area contributed by atoms with Gasteiger partial charge in [-0.05, 0) is 31.0 Å². The quantitative estimate of drug-likeness (QED) is 0.798. The average molecular weight is 211 g/mol. The standard InChI is InChI=1S/C12H18FNO/c1-9(14)12(2,6-7-15)10-4-3-5-11(13)8-10/h3-5,8-9,15H,6-7,14H2,1-2H3. The zero-order chi connectivity index (χ0) is 11.5. The molecule has 3 N–H and O–H groups in total. The Kier molecular flexibility index (Phi) is 3.83. The van der Waals surface area contributed by atoms with Crippen LogP contribution in [-0.2, 0) is 5.41 Å². The van der Waals surface area contributed by atoms with Gasteiger partial charge in [-0.3, -0.25) is 0 Å². The lowest BCUT2D eigenvalue weighted by Crippen LogP contribution is -2.41. The summed E-state index contributed by atoms with van der Waals surface area (Å²) in [5, 5.41) is 9.03. The van der Waals surface area contributed by atoms with Gasteiger partial charge >= 0.3 is 0 Å². The minimum absolute atomic E-state index is 0.0502. The first-order chi connectivity index (χ1) is 7.00. The van der Waals surface area contributed by atoms with Crippen LogP contribution >= 0.6 is 0 Å². The molecule has 3 heteroatoms. The molecule has 1 rings (SSSR count). The van der Waals surface area contributed by atoms with Crippen LogP contribution in [-0.4, -0.2) is 17.8 Å². The van der Waals surface area contributed by atoms with E-state index in [0.29, 0.717) is 6.42 Å². The fraction of sp³-hybridized carbons (Fsp3) is 0.500. The molecule has 1 aromatic carbocycles. The molecular weight excluding hydrogens is 193 g/mol. The van der Waals surface area contributed by atoms with Crippen molar-refractivity contribution in [3.63, 3.8) is 0 Å². The topological polar surface area (TPSA) is 46.2 Å². The Morgan fingerprint density at radius 1 is 1.53 bits per heavy atom. The molecule has 0 fully saturated rings. The van der Waals surface area contributed by atoms with Crippen molar-refractivity contribution in [2.45, 2.75) is 31.7 Å². The summed E-state index contributed by atoms with van der Waals surface area (Å²) in [5.74, 6) is -0.266. The van der Waals surface area contributed by atoms with Gasteiger partial charge in [-0.25, -0.2) is 4.39 Å². The largest absolute Gasteiger partial charge is 0.396 e. The maximum absolute atomic E-state index is 13.1. The molecular formula is C12H18FNO. The lowest BCUT2D eigenvalue weighted by molar-refractivity contribution is 0.229. The fourth-order valence-electron chi connectivity index (χ4n) is 1.71. The van der Waals surface area contributed by atoms with Crippen molar-refractivity contribution in [3.05, 3.63) is 35.6 Å². The van der Waals surface area contributed by atoms with Crippen molar-refractivity contribution in [1.82, 2.24) is 0 Å². The monoisotopic (exact) mass is 211 g/mol. The van der Waals surface area contributed by atoms with Crippen LogP contribution in [0, 0.1) is 5.82 Å². The van der Waals surface area contributed by atoms with E-state index in [1.165, 1.54) is 12.1 Å². The smallest absolute Gasteiger partial charge is 0.123 e. The summed E-state index contributed by atoms with van der Waals surface area (Å²) in [6.07, 6.45) is 0.536. The Balaban J connectivity index is 3.09. The van der Waals surface area contributed by atoms with Crippen LogP contribution in [0.15, 0.2) is 24.3 Å². The molecule has 2 atom stereocenters. The second-order valence-electron chi connectivity index (χ2n) is 4.19. The van der Waals surface area contributed by atoms with E-state index in [1.54, 1.807) is 6.07 Å². The summed E-state index contributed by atoms with van der Waals surface area (Å²) >= 11 is 0. The third-order valence-corrected chi connectivity index (χ3v) is 3.12. The predicted octanol–water partition coefficient (Wildman–Crippen LogP) is 1.81. The molecule has 0 radical (unpaired) electrons. The second-order valence-corrected chi connectivity index (χ2v) is 4.19. The third-order valence-electron chi connectivity index (χ3n) is 3.12. The number of halogens is 1. The van der Waals surface area contributed by atoms with Gasteiger partial charge in [0.05, 0.1) is 0 Å². The predicted molar refractivity (Wildman–Crippen MR) is 59.1 cm³/mol. The number of aliphatic hydroxyl groups is 1. The Bertz CT molecular complexity index is 327. The van der Waals surface area contributed by atoms with Crippen LogP contribution in [0.5, 0.6) is 0 Å². The number of aliphatic hydroxyl groups excluding tert-OH is 1. The van der Waals surface area contributed by atoms with Crippen LogP contribution in [0.25, 0.3) is 0 Å². The molecule has 84 valence electrons. The minimum Gasteiger partial charge on any atom is -0.396 e. The SMILES string of the molecule is CC(N)C(C)(CCO)c1cccc(F)c1. The molecule has 15 heavy (non-hydrogen) atoms. The van der Waals surface area contributed by atoms with E-state index in [9.17, 15) is 4.39 Å². The first kappa shape index (κ1) is 12.1. The van der Waals surface area contributed by atoms with Gasteiger partial charge < -0.3 is 10.8 Å². The van der Waals surface area contributed by atoms with Crippen molar-refractivity contribution in [2.24, 2.45) is 5.73 Å². The molecule has 1 aromatic rings. The van der Waals surface area contributed by atoms with Crippen LogP contribution in [0.1, 0.15) is 25.8 Å². The Labute approximate surface area is 89.9 Å².